The van der Waals surface area contributed by atoms with Gasteiger partial charge in [0.05, 0.1) is 19.6 Å². The Balaban J connectivity index is 1.85. The number of fused-ring (bicyclic) bond motifs is 1. The lowest BCUT2D eigenvalue weighted by atomic mass is 9.92. The summed E-state index contributed by atoms with van der Waals surface area (Å²) in [6.07, 6.45) is 0.579. The molecule has 5 nitrogen and oxygen atoms in total. The highest BCUT2D eigenvalue weighted by Crippen LogP contribution is 2.40. The van der Waals surface area contributed by atoms with Crippen molar-refractivity contribution >= 4 is 40.8 Å². The molecule has 3 rings (SSSR count). The van der Waals surface area contributed by atoms with Crippen molar-refractivity contribution in [2.75, 3.05) is 12.4 Å². The number of nitrogens with one attached hydrogen (secondary N) is 2. The van der Waals surface area contributed by atoms with Crippen LogP contribution < -0.4 is 10.6 Å². The van der Waals surface area contributed by atoms with Crippen LogP contribution >= 0.6 is 23.2 Å². The number of benzene rings is 2. The molecule has 1 aliphatic heterocycles. The van der Waals surface area contributed by atoms with Crippen molar-refractivity contribution < 1.29 is 14.3 Å². The van der Waals surface area contributed by atoms with E-state index in [0.29, 0.717) is 22.2 Å². The summed E-state index contributed by atoms with van der Waals surface area (Å²) in [5.41, 5.74) is 2.25. The highest BCUT2D eigenvalue weighted by Gasteiger charge is 2.34. The first-order valence-electron chi connectivity index (χ1n) is 8.14. The van der Waals surface area contributed by atoms with Gasteiger partial charge in [-0.25, -0.2) is 4.79 Å². The Kier molecular flexibility index (Phi) is 5.69. The molecule has 136 valence electrons. The molecule has 2 atom stereocenters. The molecule has 1 aliphatic rings. The van der Waals surface area contributed by atoms with Gasteiger partial charge in [0, 0.05) is 27.7 Å². The molecule has 0 unspecified atom stereocenters. The van der Waals surface area contributed by atoms with Gasteiger partial charge < -0.3 is 15.4 Å². The van der Waals surface area contributed by atoms with E-state index in [9.17, 15) is 9.59 Å². The van der Waals surface area contributed by atoms with Crippen molar-refractivity contribution in [3.63, 3.8) is 0 Å². The number of rotatable bonds is 4. The van der Waals surface area contributed by atoms with Crippen molar-refractivity contribution in [2.45, 2.75) is 24.9 Å². The number of halogens is 2. The Morgan fingerprint density at radius 2 is 1.96 bits per heavy atom. The molecule has 0 aliphatic carbocycles. The molecule has 7 heteroatoms. The molecule has 0 saturated carbocycles. The summed E-state index contributed by atoms with van der Waals surface area (Å²) in [5, 5.41) is 6.95. The summed E-state index contributed by atoms with van der Waals surface area (Å²) in [6, 6.07) is 11.7. The van der Waals surface area contributed by atoms with Crippen LogP contribution in [-0.4, -0.2) is 25.0 Å². The van der Waals surface area contributed by atoms with Gasteiger partial charge in [-0.2, -0.15) is 0 Å². The molecule has 2 aromatic carbocycles. The summed E-state index contributed by atoms with van der Waals surface area (Å²) in [6.45, 7) is 0. The van der Waals surface area contributed by atoms with E-state index >= 15 is 0 Å². The van der Waals surface area contributed by atoms with Gasteiger partial charge in [-0.3, -0.25) is 4.79 Å². The molecule has 0 radical (unpaired) electrons. The number of hydrogen-bond acceptors (Lipinski definition) is 4. The molecule has 1 amide bonds. The van der Waals surface area contributed by atoms with Gasteiger partial charge >= 0.3 is 5.97 Å². The number of anilines is 1. The van der Waals surface area contributed by atoms with Crippen LogP contribution in [0.1, 0.15) is 23.6 Å². The average molecular weight is 393 g/mol. The SMILES string of the molecule is COC(=O)[C@@H]1C[C@@H](NC(=O)Cc2ccccc2)c2c(Cl)cc(Cl)cc2N1. The minimum Gasteiger partial charge on any atom is -0.467 e. The van der Waals surface area contributed by atoms with Gasteiger partial charge in [-0.05, 0) is 17.7 Å². The van der Waals surface area contributed by atoms with Crippen LogP contribution in [0.15, 0.2) is 42.5 Å². The van der Waals surface area contributed by atoms with Crippen molar-refractivity contribution in [3.8, 4) is 0 Å². The third kappa shape index (κ3) is 4.11. The number of hydrogen-bond donors (Lipinski definition) is 2. The van der Waals surface area contributed by atoms with E-state index in [0.717, 1.165) is 11.1 Å². The van der Waals surface area contributed by atoms with E-state index < -0.39 is 18.1 Å². The molecule has 0 spiro atoms. The van der Waals surface area contributed by atoms with Gasteiger partial charge in [-0.1, -0.05) is 53.5 Å². The zero-order chi connectivity index (χ0) is 18.7. The third-order valence-electron chi connectivity index (χ3n) is 4.27. The predicted octanol–water partition coefficient (Wildman–Crippen LogP) is 3.75. The predicted molar refractivity (Wildman–Crippen MR) is 102 cm³/mol. The van der Waals surface area contributed by atoms with Gasteiger partial charge in [0.2, 0.25) is 5.91 Å². The average Bonchev–Trinajstić information content (AvgIpc) is 2.60. The van der Waals surface area contributed by atoms with E-state index in [1.807, 2.05) is 30.3 Å². The number of carbonyl (C=O) groups is 2. The number of methoxy groups -OCH3 is 1. The van der Waals surface area contributed by atoms with E-state index in [4.69, 9.17) is 27.9 Å². The van der Waals surface area contributed by atoms with Crippen LogP contribution in [0.3, 0.4) is 0 Å². The van der Waals surface area contributed by atoms with Crippen molar-refractivity contribution in [1.82, 2.24) is 5.32 Å². The maximum absolute atomic E-state index is 12.5. The first-order chi connectivity index (χ1) is 12.5. The van der Waals surface area contributed by atoms with Crippen LogP contribution in [0.2, 0.25) is 10.0 Å². The fraction of sp³-hybridized carbons (Fsp3) is 0.263. The minimum absolute atomic E-state index is 0.149. The smallest absolute Gasteiger partial charge is 0.328 e. The number of ether oxygens (including phenoxy) is 1. The summed E-state index contributed by atoms with van der Waals surface area (Å²) < 4.78 is 4.83. The maximum atomic E-state index is 12.5. The second-order valence-electron chi connectivity index (χ2n) is 6.09. The minimum atomic E-state index is -0.593. The molecule has 0 fully saturated rings. The van der Waals surface area contributed by atoms with Gasteiger partial charge in [0.15, 0.2) is 0 Å². The van der Waals surface area contributed by atoms with E-state index in [1.54, 1.807) is 12.1 Å². The Hall–Kier alpha value is -2.24. The normalized spacial score (nSPS) is 18.4. The lowest BCUT2D eigenvalue weighted by Crippen LogP contribution is -2.42. The second kappa shape index (κ2) is 7.98. The molecular formula is C19H18Cl2N2O3. The van der Waals surface area contributed by atoms with Gasteiger partial charge in [0.1, 0.15) is 6.04 Å². The Bertz CT molecular complexity index is 827. The Morgan fingerprint density at radius 1 is 1.23 bits per heavy atom. The molecule has 1 heterocycles. The summed E-state index contributed by atoms with van der Waals surface area (Å²) in [4.78, 5) is 24.5. The first-order valence-corrected chi connectivity index (χ1v) is 8.90. The first kappa shape index (κ1) is 18.5. The molecular weight excluding hydrogens is 375 g/mol. The van der Waals surface area contributed by atoms with Crippen molar-refractivity contribution in [2.24, 2.45) is 0 Å². The van der Waals surface area contributed by atoms with Crippen LogP contribution in [0.4, 0.5) is 5.69 Å². The van der Waals surface area contributed by atoms with E-state index in [1.165, 1.54) is 7.11 Å². The molecule has 0 saturated heterocycles. The van der Waals surface area contributed by atoms with Crippen LogP contribution in [0.25, 0.3) is 0 Å². The fourth-order valence-electron chi connectivity index (χ4n) is 3.11. The van der Waals surface area contributed by atoms with Crippen LogP contribution in [0, 0.1) is 0 Å². The highest BCUT2D eigenvalue weighted by atomic mass is 35.5. The van der Waals surface area contributed by atoms with E-state index in [2.05, 4.69) is 10.6 Å². The summed E-state index contributed by atoms with van der Waals surface area (Å²) in [5.74, 6) is -0.558. The summed E-state index contributed by atoms with van der Waals surface area (Å²) in [7, 11) is 1.33. The fourth-order valence-corrected chi connectivity index (χ4v) is 3.74. The third-order valence-corrected chi connectivity index (χ3v) is 4.80. The zero-order valence-electron chi connectivity index (χ0n) is 14.1. The number of esters is 1. The topological polar surface area (TPSA) is 67.4 Å². The summed E-state index contributed by atoms with van der Waals surface area (Å²) >= 11 is 12.4. The lowest BCUT2D eigenvalue weighted by Gasteiger charge is -2.33. The standard InChI is InChI=1S/C19H18Cl2N2O3/c1-26-19(25)16-10-15(18-13(21)8-12(20)9-14(18)22-16)23-17(24)7-11-5-3-2-4-6-11/h2-6,8-9,15-16,22H,7,10H2,1H3,(H,23,24)/t15-,16+/m1/s1. The van der Waals surface area contributed by atoms with Crippen LogP contribution in [-0.2, 0) is 20.7 Å². The maximum Gasteiger partial charge on any atom is 0.328 e. The number of amides is 1. The Labute approximate surface area is 161 Å². The molecule has 2 N–H and O–H groups in total. The van der Waals surface area contributed by atoms with Gasteiger partial charge in [0.25, 0.3) is 0 Å². The molecule has 0 bridgehead atoms. The van der Waals surface area contributed by atoms with E-state index in [-0.39, 0.29) is 12.3 Å². The van der Waals surface area contributed by atoms with Gasteiger partial charge in [-0.15, -0.1) is 0 Å². The second-order valence-corrected chi connectivity index (χ2v) is 6.93. The van der Waals surface area contributed by atoms with Crippen molar-refractivity contribution in [1.29, 1.82) is 0 Å². The van der Waals surface area contributed by atoms with Crippen LogP contribution in [0.5, 0.6) is 0 Å². The monoisotopic (exact) mass is 392 g/mol. The quantitative estimate of drug-likeness (QED) is 0.777. The lowest BCUT2D eigenvalue weighted by molar-refractivity contribution is -0.142. The highest BCUT2D eigenvalue weighted by molar-refractivity contribution is 6.35. The molecule has 2 aromatic rings. The molecule has 0 aromatic heterocycles. The van der Waals surface area contributed by atoms with Crippen molar-refractivity contribution in [3.05, 3.63) is 63.6 Å². The largest absolute Gasteiger partial charge is 0.467 e. The zero-order valence-corrected chi connectivity index (χ0v) is 15.6. The number of carbonyl (C=O) groups excluding carboxylic acids is 2. The Morgan fingerprint density at radius 3 is 2.65 bits per heavy atom. The molecule has 26 heavy (non-hydrogen) atoms.